The largest absolute Gasteiger partial charge is 0.488 e. The second kappa shape index (κ2) is 7.34. The molecule has 4 aromatic rings. The number of hydrogen-bond donors (Lipinski definition) is 0. The first-order valence-electron chi connectivity index (χ1n) is 11.1. The summed E-state index contributed by atoms with van der Waals surface area (Å²) in [5.74, 6) is 2.63. The van der Waals surface area contributed by atoms with Gasteiger partial charge in [0.25, 0.3) is 0 Å². The molecule has 0 saturated carbocycles. The number of aryl methyl sites for hydroxylation is 2. The highest BCUT2D eigenvalue weighted by atomic mass is 16.5. The van der Waals surface area contributed by atoms with Gasteiger partial charge >= 0.3 is 0 Å². The zero-order chi connectivity index (χ0) is 21.8. The molecule has 164 valence electrons. The molecule has 1 fully saturated rings. The van der Waals surface area contributed by atoms with Crippen molar-refractivity contribution in [3.8, 4) is 16.9 Å². The highest BCUT2D eigenvalue weighted by Crippen LogP contribution is 2.45. The van der Waals surface area contributed by atoms with Crippen molar-refractivity contribution in [3.05, 3.63) is 53.7 Å². The Morgan fingerprint density at radius 3 is 2.59 bits per heavy atom. The predicted molar refractivity (Wildman–Crippen MR) is 122 cm³/mol. The molecule has 8 nitrogen and oxygen atoms in total. The van der Waals surface area contributed by atoms with Gasteiger partial charge in [-0.05, 0) is 45.2 Å². The van der Waals surface area contributed by atoms with Crippen molar-refractivity contribution in [1.29, 1.82) is 0 Å². The first kappa shape index (κ1) is 19.3. The maximum atomic E-state index is 6.45. The summed E-state index contributed by atoms with van der Waals surface area (Å²) in [6.07, 6.45) is 1.84. The Labute approximate surface area is 186 Å². The van der Waals surface area contributed by atoms with Gasteiger partial charge in [-0.15, -0.1) is 0 Å². The summed E-state index contributed by atoms with van der Waals surface area (Å²) in [6, 6.07) is 10.2. The molecule has 0 N–H and O–H groups in total. The molecule has 1 atom stereocenters. The van der Waals surface area contributed by atoms with Gasteiger partial charge < -0.3 is 19.1 Å². The molecule has 1 saturated heterocycles. The second-order valence-corrected chi connectivity index (χ2v) is 8.66. The molecule has 32 heavy (non-hydrogen) atoms. The van der Waals surface area contributed by atoms with E-state index in [1.807, 2.05) is 32.2 Å². The molecule has 8 heteroatoms. The van der Waals surface area contributed by atoms with Crippen molar-refractivity contribution in [2.24, 2.45) is 0 Å². The molecule has 0 aliphatic carbocycles. The summed E-state index contributed by atoms with van der Waals surface area (Å²) in [6.45, 7) is 8.34. The van der Waals surface area contributed by atoms with Crippen LogP contribution in [0.5, 0.6) is 5.75 Å². The lowest BCUT2D eigenvalue weighted by Crippen LogP contribution is -2.46. The van der Waals surface area contributed by atoms with Crippen LogP contribution in [0, 0.1) is 13.8 Å². The van der Waals surface area contributed by atoms with Crippen LogP contribution in [0.3, 0.4) is 0 Å². The Bertz CT molecular complexity index is 1270. The van der Waals surface area contributed by atoms with E-state index in [9.17, 15) is 0 Å². The average Bonchev–Trinajstić information content (AvgIpc) is 3.37. The van der Waals surface area contributed by atoms with E-state index in [2.05, 4.69) is 49.8 Å². The summed E-state index contributed by atoms with van der Waals surface area (Å²) in [5.41, 5.74) is 5.78. The number of imidazole rings is 1. The monoisotopic (exact) mass is 430 g/mol. The van der Waals surface area contributed by atoms with E-state index in [1.165, 1.54) is 0 Å². The summed E-state index contributed by atoms with van der Waals surface area (Å²) in [4.78, 5) is 14.5. The van der Waals surface area contributed by atoms with Crippen LogP contribution in [-0.2, 0) is 0 Å². The highest BCUT2D eigenvalue weighted by molar-refractivity contribution is 5.94. The van der Waals surface area contributed by atoms with E-state index in [-0.39, 0.29) is 6.04 Å². The van der Waals surface area contributed by atoms with E-state index in [0.717, 1.165) is 77.2 Å². The van der Waals surface area contributed by atoms with Crippen LogP contribution in [0.2, 0.25) is 0 Å². The molecular weight excluding hydrogens is 404 g/mol. The van der Waals surface area contributed by atoms with Crippen LogP contribution in [0.1, 0.15) is 23.2 Å². The molecule has 0 amide bonds. The number of piperazine rings is 1. The van der Waals surface area contributed by atoms with Crippen LogP contribution in [0.15, 0.2) is 41.1 Å². The number of aromatic nitrogens is 4. The topological polar surface area (TPSA) is 72.5 Å². The second-order valence-electron chi connectivity index (χ2n) is 8.66. The predicted octanol–water partition coefficient (Wildman–Crippen LogP) is 3.44. The van der Waals surface area contributed by atoms with E-state index < -0.39 is 0 Å². The minimum atomic E-state index is -0.0386. The Kier molecular flexibility index (Phi) is 4.43. The SMILES string of the molecule is Cc1noc(C)c1-c1ccc2nc(N3CCN(C)CC3)n3c2c1OC[C@@H]3c1ccccn1. The van der Waals surface area contributed by atoms with Gasteiger partial charge in [-0.2, -0.15) is 0 Å². The highest BCUT2D eigenvalue weighted by Gasteiger charge is 2.34. The summed E-state index contributed by atoms with van der Waals surface area (Å²) >= 11 is 0. The minimum Gasteiger partial charge on any atom is -0.488 e. The normalized spacial score (nSPS) is 18.8. The number of benzene rings is 1. The third-order valence-electron chi connectivity index (χ3n) is 6.60. The van der Waals surface area contributed by atoms with Gasteiger partial charge in [-0.25, -0.2) is 4.98 Å². The molecule has 2 aliphatic heterocycles. The van der Waals surface area contributed by atoms with Crippen molar-refractivity contribution in [2.45, 2.75) is 19.9 Å². The van der Waals surface area contributed by atoms with Crippen LogP contribution >= 0.6 is 0 Å². The molecule has 2 aliphatic rings. The fourth-order valence-corrected chi connectivity index (χ4v) is 4.91. The Hall–Kier alpha value is -3.39. The fourth-order valence-electron chi connectivity index (χ4n) is 4.91. The lowest BCUT2D eigenvalue weighted by molar-refractivity contribution is 0.255. The minimum absolute atomic E-state index is 0.0386. The van der Waals surface area contributed by atoms with Gasteiger partial charge in [0.05, 0.1) is 22.5 Å². The first-order valence-corrected chi connectivity index (χ1v) is 11.1. The van der Waals surface area contributed by atoms with Gasteiger partial charge in [0.15, 0.2) is 5.75 Å². The molecule has 0 bridgehead atoms. The summed E-state index contributed by atoms with van der Waals surface area (Å²) in [5, 5.41) is 4.16. The third-order valence-corrected chi connectivity index (χ3v) is 6.60. The lowest BCUT2D eigenvalue weighted by atomic mass is 10.0. The fraction of sp³-hybridized carbons (Fsp3) is 0.375. The van der Waals surface area contributed by atoms with Crippen molar-refractivity contribution in [3.63, 3.8) is 0 Å². The first-order chi connectivity index (χ1) is 15.6. The molecule has 5 heterocycles. The number of likely N-dealkylation sites (N-methyl/N-ethyl adjacent to an activating group) is 1. The number of nitrogens with zero attached hydrogens (tertiary/aromatic N) is 6. The van der Waals surface area contributed by atoms with Crippen molar-refractivity contribution in [2.75, 3.05) is 44.7 Å². The van der Waals surface area contributed by atoms with E-state index >= 15 is 0 Å². The van der Waals surface area contributed by atoms with Crippen molar-refractivity contribution in [1.82, 2.24) is 24.6 Å². The van der Waals surface area contributed by atoms with Crippen LogP contribution in [-0.4, -0.2) is 64.4 Å². The van der Waals surface area contributed by atoms with Crippen LogP contribution in [0.4, 0.5) is 5.95 Å². The molecule has 0 unspecified atom stereocenters. The Morgan fingerprint density at radius 1 is 1.03 bits per heavy atom. The quantitative estimate of drug-likeness (QED) is 0.493. The third kappa shape index (κ3) is 2.90. The summed E-state index contributed by atoms with van der Waals surface area (Å²) < 4.78 is 14.2. The van der Waals surface area contributed by atoms with Crippen LogP contribution < -0.4 is 9.64 Å². The Morgan fingerprint density at radius 2 is 1.88 bits per heavy atom. The van der Waals surface area contributed by atoms with Gasteiger partial charge in [0.2, 0.25) is 5.95 Å². The van der Waals surface area contributed by atoms with E-state index in [4.69, 9.17) is 14.2 Å². The number of ether oxygens (including phenoxy) is 1. The molecular formula is C24H26N6O2. The van der Waals surface area contributed by atoms with Gasteiger partial charge in [0.1, 0.15) is 23.9 Å². The molecule has 1 aromatic carbocycles. The van der Waals surface area contributed by atoms with Gasteiger partial charge in [0, 0.05) is 37.9 Å². The lowest BCUT2D eigenvalue weighted by Gasteiger charge is -2.35. The zero-order valence-electron chi connectivity index (χ0n) is 18.6. The Balaban J connectivity index is 1.59. The number of pyridine rings is 1. The molecule has 0 spiro atoms. The molecule has 3 aromatic heterocycles. The van der Waals surface area contributed by atoms with Gasteiger partial charge in [-0.3, -0.25) is 9.55 Å². The van der Waals surface area contributed by atoms with E-state index in [0.29, 0.717) is 6.61 Å². The maximum absolute atomic E-state index is 6.45. The summed E-state index contributed by atoms with van der Waals surface area (Å²) in [7, 11) is 2.17. The number of hydrogen-bond acceptors (Lipinski definition) is 7. The smallest absolute Gasteiger partial charge is 0.207 e. The molecule has 6 rings (SSSR count). The van der Waals surface area contributed by atoms with Gasteiger partial charge in [-0.1, -0.05) is 11.2 Å². The average molecular weight is 431 g/mol. The van der Waals surface area contributed by atoms with Crippen molar-refractivity contribution >= 4 is 17.0 Å². The molecule has 0 radical (unpaired) electrons. The van der Waals surface area contributed by atoms with Crippen LogP contribution in [0.25, 0.3) is 22.2 Å². The van der Waals surface area contributed by atoms with E-state index in [1.54, 1.807) is 0 Å². The number of rotatable bonds is 3. The zero-order valence-corrected chi connectivity index (χ0v) is 18.6. The standard InChI is InChI=1S/C24H26N6O2/c1-15-21(16(2)32-27-15)17-7-8-19-22-23(17)31-14-20(18-6-4-5-9-25-18)30(22)24(26-19)29-12-10-28(3)11-13-29/h4-9,20H,10-14H2,1-3H3/t20-/m1/s1. The van der Waals surface area contributed by atoms with Crippen molar-refractivity contribution < 1.29 is 9.26 Å². The maximum Gasteiger partial charge on any atom is 0.207 e. The number of anilines is 1.